The van der Waals surface area contributed by atoms with Crippen LogP contribution in [0.25, 0.3) is 0 Å². The summed E-state index contributed by atoms with van der Waals surface area (Å²) in [5, 5.41) is 17.9. The van der Waals surface area contributed by atoms with E-state index < -0.39 is 4.92 Å². The quantitative estimate of drug-likeness (QED) is 0.686. The van der Waals surface area contributed by atoms with Crippen LogP contribution in [0.5, 0.6) is 0 Å². The van der Waals surface area contributed by atoms with Crippen LogP contribution in [0.3, 0.4) is 0 Å². The van der Waals surface area contributed by atoms with Gasteiger partial charge in [-0.2, -0.15) is 0 Å². The number of nitro groups is 1. The Bertz CT molecular complexity index is 605. The van der Waals surface area contributed by atoms with Crippen molar-refractivity contribution in [2.75, 3.05) is 5.32 Å². The molecule has 1 N–H and O–H groups in total. The highest BCUT2D eigenvalue weighted by Crippen LogP contribution is 2.28. The summed E-state index contributed by atoms with van der Waals surface area (Å²) in [6.45, 7) is 4.08. The third-order valence-corrected chi connectivity index (χ3v) is 3.29. The zero-order valence-electron chi connectivity index (χ0n) is 10.4. The highest BCUT2D eigenvalue weighted by Gasteiger charge is 2.15. The first kappa shape index (κ1) is 13.5. The van der Waals surface area contributed by atoms with Gasteiger partial charge in [0.2, 0.25) is 0 Å². The third-order valence-electron chi connectivity index (χ3n) is 2.79. The molecule has 0 atom stereocenters. The maximum Gasteiger partial charge on any atom is 0.293 e. The van der Waals surface area contributed by atoms with Crippen LogP contribution in [0.15, 0.2) is 27.2 Å². The Labute approximate surface area is 118 Å². The predicted octanol–water partition coefficient (Wildman–Crippen LogP) is 3.57. The fourth-order valence-corrected chi connectivity index (χ4v) is 2.09. The SMILES string of the molecule is Cc1noc(C)c1CNc1ccc(Br)cc1[N+](=O)[O-]. The number of hydrogen-bond donors (Lipinski definition) is 1. The molecule has 1 aromatic carbocycles. The molecule has 0 aliphatic heterocycles. The molecule has 0 saturated heterocycles. The lowest BCUT2D eigenvalue weighted by Gasteiger charge is -2.07. The molecular weight excluding hydrogens is 314 g/mol. The lowest BCUT2D eigenvalue weighted by Crippen LogP contribution is -2.04. The monoisotopic (exact) mass is 325 g/mol. The summed E-state index contributed by atoms with van der Waals surface area (Å²) in [5.74, 6) is 0.713. The Hall–Kier alpha value is -1.89. The van der Waals surface area contributed by atoms with Crippen LogP contribution in [0.2, 0.25) is 0 Å². The highest BCUT2D eigenvalue weighted by atomic mass is 79.9. The fraction of sp³-hybridized carbons (Fsp3) is 0.250. The van der Waals surface area contributed by atoms with Gasteiger partial charge < -0.3 is 9.84 Å². The molecule has 0 aliphatic carbocycles. The minimum atomic E-state index is -0.416. The number of nitrogens with one attached hydrogen (secondary N) is 1. The lowest BCUT2D eigenvalue weighted by molar-refractivity contribution is -0.384. The highest BCUT2D eigenvalue weighted by molar-refractivity contribution is 9.10. The van der Waals surface area contributed by atoms with Gasteiger partial charge in [0, 0.05) is 22.6 Å². The molecule has 0 amide bonds. The molecule has 0 radical (unpaired) electrons. The number of benzene rings is 1. The van der Waals surface area contributed by atoms with Gasteiger partial charge in [-0.15, -0.1) is 0 Å². The summed E-state index contributed by atoms with van der Waals surface area (Å²) >= 11 is 3.22. The molecule has 0 spiro atoms. The number of rotatable bonds is 4. The lowest BCUT2D eigenvalue weighted by atomic mass is 10.2. The van der Waals surface area contributed by atoms with Crippen molar-refractivity contribution in [2.24, 2.45) is 0 Å². The van der Waals surface area contributed by atoms with Crippen molar-refractivity contribution >= 4 is 27.3 Å². The standard InChI is InChI=1S/C12H12BrN3O3/c1-7-10(8(2)19-15-7)6-14-11-4-3-9(13)5-12(11)16(17)18/h3-5,14H,6H2,1-2H3. The van der Waals surface area contributed by atoms with Crippen molar-refractivity contribution < 1.29 is 9.45 Å². The van der Waals surface area contributed by atoms with E-state index in [2.05, 4.69) is 26.4 Å². The van der Waals surface area contributed by atoms with Crippen molar-refractivity contribution in [2.45, 2.75) is 20.4 Å². The first-order chi connectivity index (χ1) is 8.99. The van der Waals surface area contributed by atoms with Crippen LogP contribution in [0.1, 0.15) is 17.0 Å². The van der Waals surface area contributed by atoms with Gasteiger partial charge in [0.1, 0.15) is 11.4 Å². The van der Waals surface area contributed by atoms with E-state index in [0.29, 0.717) is 22.5 Å². The third kappa shape index (κ3) is 2.93. The molecule has 0 aliphatic rings. The Morgan fingerprint density at radius 3 is 2.79 bits per heavy atom. The van der Waals surface area contributed by atoms with Crippen molar-refractivity contribution in [3.63, 3.8) is 0 Å². The number of hydrogen-bond acceptors (Lipinski definition) is 5. The van der Waals surface area contributed by atoms with Crippen LogP contribution in [0.4, 0.5) is 11.4 Å². The van der Waals surface area contributed by atoms with Crippen LogP contribution >= 0.6 is 15.9 Å². The number of nitrogens with zero attached hydrogens (tertiary/aromatic N) is 2. The van der Waals surface area contributed by atoms with E-state index in [0.717, 1.165) is 11.3 Å². The summed E-state index contributed by atoms with van der Waals surface area (Å²) in [6, 6.07) is 4.89. The van der Waals surface area contributed by atoms with Gasteiger partial charge in [-0.1, -0.05) is 21.1 Å². The minimum absolute atomic E-state index is 0.0288. The van der Waals surface area contributed by atoms with Crippen molar-refractivity contribution in [1.82, 2.24) is 5.16 Å². The molecule has 1 heterocycles. The summed E-state index contributed by atoms with van der Waals surface area (Å²) in [5.41, 5.74) is 2.19. The average molecular weight is 326 g/mol. The van der Waals surface area contributed by atoms with Crippen molar-refractivity contribution in [3.05, 3.63) is 49.8 Å². The second-order valence-electron chi connectivity index (χ2n) is 4.07. The zero-order valence-corrected chi connectivity index (χ0v) is 12.0. The van der Waals surface area contributed by atoms with E-state index >= 15 is 0 Å². The first-order valence-corrected chi connectivity index (χ1v) is 6.38. The zero-order chi connectivity index (χ0) is 14.0. The molecule has 0 unspecified atom stereocenters. The van der Waals surface area contributed by atoms with E-state index in [-0.39, 0.29) is 5.69 Å². The predicted molar refractivity (Wildman–Crippen MR) is 74.1 cm³/mol. The van der Waals surface area contributed by atoms with Crippen molar-refractivity contribution in [3.8, 4) is 0 Å². The first-order valence-electron chi connectivity index (χ1n) is 5.58. The fourth-order valence-electron chi connectivity index (χ4n) is 1.74. The van der Waals surface area contributed by atoms with Gasteiger partial charge in [0.05, 0.1) is 10.6 Å². The average Bonchev–Trinajstić information content (AvgIpc) is 2.68. The number of nitro benzene ring substituents is 1. The normalized spacial score (nSPS) is 10.5. The van der Waals surface area contributed by atoms with E-state index in [4.69, 9.17) is 4.52 Å². The van der Waals surface area contributed by atoms with Crippen LogP contribution in [0, 0.1) is 24.0 Å². The summed E-state index contributed by atoms with van der Waals surface area (Å²) in [7, 11) is 0. The topological polar surface area (TPSA) is 81.2 Å². The second kappa shape index (κ2) is 5.40. The molecule has 7 heteroatoms. The van der Waals surface area contributed by atoms with Gasteiger partial charge in [-0.3, -0.25) is 10.1 Å². The molecule has 19 heavy (non-hydrogen) atoms. The Morgan fingerprint density at radius 2 is 2.21 bits per heavy atom. The smallest absolute Gasteiger partial charge is 0.293 e. The molecule has 100 valence electrons. The van der Waals surface area contributed by atoms with Crippen LogP contribution in [-0.4, -0.2) is 10.1 Å². The molecule has 2 aromatic rings. The Morgan fingerprint density at radius 1 is 1.47 bits per heavy atom. The van der Waals surface area contributed by atoms with Gasteiger partial charge in [0.15, 0.2) is 0 Å². The van der Waals surface area contributed by atoms with Crippen molar-refractivity contribution in [1.29, 1.82) is 0 Å². The molecule has 0 fully saturated rings. The summed E-state index contributed by atoms with van der Waals surface area (Å²) < 4.78 is 5.72. The molecule has 1 aromatic heterocycles. The second-order valence-corrected chi connectivity index (χ2v) is 4.99. The summed E-state index contributed by atoms with van der Waals surface area (Å²) in [4.78, 5) is 10.6. The van der Waals surface area contributed by atoms with Gasteiger partial charge in [-0.05, 0) is 26.0 Å². The van der Waals surface area contributed by atoms with Crippen LogP contribution < -0.4 is 5.32 Å². The largest absolute Gasteiger partial charge is 0.375 e. The van der Waals surface area contributed by atoms with Gasteiger partial charge >= 0.3 is 0 Å². The van der Waals surface area contributed by atoms with E-state index in [1.165, 1.54) is 6.07 Å². The van der Waals surface area contributed by atoms with E-state index in [1.54, 1.807) is 12.1 Å². The molecule has 6 nitrogen and oxygen atoms in total. The van der Waals surface area contributed by atoms with E-state index in [1.807, 2.05) is 13.8 Å². The molecule has 0 bridgehead atoms. The maximum absolute atomic E-state index is 11.0. The minimum Gasteiger partial charge on any atom is -0.375 e. The number of anilines is 1. The van der Waals surface area contributed by atoms with Crippen LogP contribution in [-0.2, 0) is 6.54 Å². The maximum atomic E-state index is 11.0. The number of halogens is 1. The number of aryl methyl sites for hydroxylation is 2. The molecular formula is C12H12BrN3O3. The van der Waals surface area contributed by atoms with Gasteiger partial charge in [0.25, 0.3) is 5.69 Å². The van der Waals surface area contributed by atoms with Gasteiger partial charge in [-0.25, -0.2) is 0 Å². The Balaban J connectivity index is 2.23. The summed E-state index contributed by atoms with van der Waals surface area (Å²) in [6.07, 6.45) is 0. The Kier molecular flexibility index (Phi) is 3.84. The number of aromatic nitrogens is 1. The van der Waals surface area contributed by atoms with E-state index in [9.17, 15) is 10.1 Å². The molecule has 0 saturated carbocycles. The molecule has 2 rings (SSSR count).